The maximum atomic E-state index is 14.0. The number of nitrogens with zero attached hydrogens (tertiary/aromatic N) is 3. The van der Waals surface area contributed by atoms with Gasteiger partial charge in [0.2, 0.25) is 5.89 Å². The molecule has 0 atom stereocenters. The van der Waals surface area contributed by atoms with Crippen LogP contribution >= 0.6 is 11.6 Å². The Morgan fingerprint density at radius 3 is 2.59 bits per heavy atom. The molecule has 2 heterocycles. The molecule has 29 heavy (non-hydrogen) atoms. The monoisotopic (exact) mass is 413 g/mol. The number of hydrogen-bond acceptors (Lipinski definition) is 4. The summed E-state index contributed by atoms with van der Waals surface area (Å²) >= 11 is 5.91. The van der Waals surface area contributed by atoms with Crippen molar-refractivity contribution in [3.05, 3.63) is 76.4 Å². The first kappa shape index (κ1) is 19.6. The van der Waals surface area contributed by atoms with Crippen molar-refractivity contribution in [1.29, 1.82) is 0 Å². The molecule has 0 radical (unpaired) electrons. The van der Waals surface area contributed by atoms with Crippen LogP contribution in [0.15, 0.2) is 53.1 Å². The highest BCUT2D eigenvalue weighted by Crippen LogP contribution is 2.21. The van der Waals surface area contributed by atoms with Gasteiger partial charge in [-0.3, -0.25) is 9.69 Å². The normalized spacial score (nSPS) is 14.9. The molecule has 0 N–H and O–H groups in total. The molecule has 1 fully saturated rings. The van der Waals surface area contributed by atoms with Gasteiger partial charge in [0.25, 0.3) is 5.91 Å². The second kappa shape index (κ2) is 8.35. The van der Waals surface area contributed by atoms with Crippen LogP contribution < -0.4 is 0 Å². The molecule has 1 saturated heterocycles. The van der Waals surface area contributed by atoms with E-state index >= 15 is 0 Å². The highest BCUT2D eigenvalue weighted by Gasteiger charge is 2.25. The topological polar surface area (TPSA) is 49.6 Å². The molecular formula is C22H21ClFN3O2. The Hall–Kier alpha value is -2.70. The predicted molar refractivity (Wildman–Crippen MR) is 109 cm³/mol. The molecule has 5 nitrogen and oxygen atoms in total. The van der Waals surface area contributed by atoms with Crippen LogP contribution in [0.1, 0.15) is 21.6 Å². The van der Waals surface area contributed by atoms with E-state index < -0.39 is 5.82 Å². The van der Waals surface area contributed by atoms with E-state index in [2.05, 4.69) is 9.88 Å². The fourth-order valence-electron chi connectivity index (χ4n) is 3.38. The highest BCUT2D eigenvalue weighted by atomic mass is 35.5. The summed E-state index contributed by atoms with van der Waals surface area (Å²) in [6, 6.07) is 12.1. The second-order valence-electron chi connectivity index (χ2n) is 7.20. The SMILES string of the molecule is Cc1ccc(-c2nc(CN3CCN(C(=O)c4cc(Cl)ccc4F)CC3)co2)cc1. The Labute approximate surface area is 173 Å². The van der Waals surface area contributed by atoms with Crippen molar-refractivity contribution in [1.82, 2.24) is 14.8 Å². The van der Waals surface area contributed by atoms with Gasteiger partial charge in [-0.05, 0) is 37.3 Å². The smallest absolute Gasteiger partial charge is 0.256 e. The molecule has 0 spiro atoms. The molecule has 1 aliphatic heterocycles. The quantitative estimate of drug-likeness (QED) is 0.636. The number of rotatable bonds is 4. The van der Waals surface area contributed by atoms with E-state index in [9.17, 15) is 9.18 Å². The van der Waals surface area contributed by atoms with Gasteiger partial charge in [0.1, 0.15) is 12.1 Å². The lowest BCUT2D eigenvalue weighted by Crippen LogP contribution is -2.48. The van der Waals surface area contributed by atoms with Gasteiger partial charge in [0.15, 0.2) is 0 Å². The third kappa shape index (κ3) is 4.49. The molecule has 150 valence electrons. The van der Waals surface area contributed by atoms with Crippen molar-refractivity contribution in [2.75, 3.05) is 26.2 Å². The number of carbonyl (C=O) groups excluding carboxylic acids is 1. The molecule has 1 aliphatic rings. The van der Waals surface area contributed by atoms with E-state index in [0.29, 0.717) is 43.6 Å². The lowest BCUT2D eigenvalue weighted by Gasteiger charge is -2.34. The number of amides is 1. The zero-order chi connectivity index (χ0) is 20.4. The van der Waals surface area contributed by atoms with Gasteiger partial charge >= 0.3 is 0 Å². The van der Waals surface area contributed by atoms with E-state index in [4.69, 9.17) is 16.0 Å². The molecule has 1 aromatic heterocycles. The minimum Gasteiger partial charge on any atom is -0.444 e. The third-order valence-electron chi connectivity index (χ3n) is 5.05. The van der Waals surface area contributed by atoms with Gasteiger partial charge in [0.05, 0.1) is 11.3 Å². The summed E-state index contributed by atoms with van der Waals surface area (Å²) in [7, 11) is 0. The Bertz CT molecular complexity index is 1010. The molecule has 4 rings (SSSR count). The van der Waals surface area contributed by atoms with Crippen molar-refractivity contribution < 1.29 is 13.6 Å². The summed E-state index contributed by atoms with van der Waals surface area (Å²) < 4.78 is 19.6. The fraction of sp³-hybridized carbons (Fsp3) is 0.273. The van der Waals surface area contributed by atoms with Gasteiger partial charge in [-0.25, -0.2) is 9.37 Å². The van der Waals surface area contributed by atoms with Crippen LogP contribution in [-0.4, -0.2) is 46.9 Å². The van der Waals surface area contributed by atoms with Crippen molar-refractivity contribution in [2.45, 2.75) is 13.5 Å². The molecule has 1 amide bonds. The summed E-state index contributed by atoms with van der Waals surface area (Å²) in [6.07, 6.45) is 1.67. The lowest BCUT2D eigenvalue weighted by molar-refractivity contribution is 0.0622. The van der Waals surface area contributed by atoms with Gasteiger partial charge in [-0.1, -0.05) is 29.3 Å². The van der Waals surface area contributed by atoms with Crippen LogP contribution in [0.5, 0.6) is 0 Å². The molecule has 2 aromatic carbocycles. The molecule has 0 bridgehead atoms. The fourth-order valence-corrected chi connectivity index (χ4v) is 3.55. The number of aromatic nitrogens is 1. The zero-order valence-electron chi connectivity index (χ0n) is 16.1. The minimum absolute atomic E-state index is 0.0187. The van der Waals surface area contributed by atoms with Crippen LogP contribution in [-0.2, 0) is 6.54 Å². The standard InChI is InChI=1S/C22H21ClFN3O2/c1-15-2-4-16(5-3-15)21-25-18(14-29-21)13-26-8-10-27(11-9-26)22(28)19-12-17(23)6-7-20(19)24/h2-7,12,14H,8-11,13H2,1H3. The van der Waals surface area contributed by atoms with Gasteiger partial charge in [-0.15, -0.1) is 0 Å². The maximum absolute atomic E-state index is 14.0. The summed E-state index contributed by atoms with van der Waals surface area (Å²) in [6.45, 7) is 5.08. The average molecular weight is 414 g/mol. The number of piperazine rings is 1. The Morgan fingerprint density at radius 1 is 1.14 bits per heavy atom. The second-order valence-corrected chi connectivity index (χ2v) is 7.64. The van der Waals surface area contributed by atoms with Crippen LogP contribution in [0.25, 0.3) is 11.5 Å². The van der Waals surface area contributed by atoms with E-state index in [0.717, 1.165) is 11.3 Å². The van der Waals surface area contributed by atoms with Crippen LogP contribution in [0, 0.1) is 12.7 Å². The van der Waals surface area contributed by atoms with Gasteiger partial charge in [-0.2, -0.15) is 0 Å². The minimum atomic E-state index is -0.548. The Kier molecular flexibility index (Phi) is 5.65. The van der Waals surface area contributed by atoms with E-state index in [1.165, 1.54) is 23.8 Å². The maximum Gasteiger partial charge on any atom is 0.256 e. The first-order valence-electron chi connectivity index (χ1n) is 9.48. The van der Waals surface area contributed by atoms with Crippen molar-refractivity contribution >= 4 is 17.5 Å². The molecule has 0 saturated carbocycles. The highest BCUT2D eigenvalue weighted by molar-refractivity contribution is 6.31. The first-order chi connectivity index (χ1) is 14.0. The Balaban J connectivity index is 1.35. The molecule has 3 aromatic rings. The molecule has 7 heteroatoms. The molecule has 0 aliphatic carbocycles. The summed E-state index contributed by atoms with van der Waals surface area (Å²) in [5.41, 5.74) is 3.00. The number of oxazole rings is 1. The summed E-state index contributed by atoms with van der Waals surface area (Å²) in [5, 5.41) is 0.351. The van der Waals surface area contributed by atoms with Crippen LogP contribution in [0.4, 0.5) is 4.39 Å². The van der Waals surface area contributed by atoms with E-state index in [1.54, 1.807) is 11.2 Å². The van der Waals surface area contributed by atoms with Crippen molar-refractivity contribution in [3.8, 4) is 11.5 Å². The molecular weight excluding hydrogens is 393 g/mol. The average Bonchev–Trinajstić information content (AvgIpc) is 3.19. The lowest BCUT2D eigenvalue weighted by atomic mass is 10.1. The van der Waals surface area contributed by atoms with Crippen molar-refractivity contribution in [2.24, 2.45) is 0 Å². The zero-order valence-corrected chi connectivity index (χ0v) is 16.8. The number of halogens is 2. The number of hydrogen-bond donors (Lipinski definition) is 0. The third-order valence-corrected chi connectivity index (χ3v) is 5.29. The largest absolute Gasteiger partial charge is 0.444 e. The Morgan fingerprint density at radius 2 is 1.86 bits per heavy atom. The predicted octanol–water partition coefficient (Wildman–Crippen LogP) is 4.40. The number of aryl methyl sites for hydroxylation is 1. The molecule has 0 unspecified atom stereocenters. The number of carbonyl (C=O) groups is 1. The van der Waals surface area contributed by atoms with Crippen LogP contribution in [0.2, 0.25) is 5.02 Å². The summed E-state index contributed by atoms with van der Waals surface area (Å²) in [5.74, 6) is -0.272. The van der Waals surface area contributed by atoms with Crippen LogP contribution in [0.3, 0.4) is 0 Å². The van der Waals surface area contributed by atoms with Gasteiger partial charge < -0.3 is 9.32 Å². The number of benzene rings is 2. The van der Waals surface area contributed by atoms with E-state index in [-0.39, 0.29) is 11.5 Å². The van der Waals surface area contributed by atoms with Gasteiger partial charge in [0, 0.05) is 43.3 Å². The first-order valence-corrected chi connectivity index (χ1v) is 9.85. The van der Waals surface area contributed by atoms with E-state index in [1.807, 2.05) is 31.2 Å². The van der Waals surface area contributed by atoms with Crippen molar-refractivity contribution in [3.63, 3.8) is 0 Å². The summed E-state index contributed by atoms with van der Waals surface area (Å²) in [4.78, 5) is 21.0.